The standard InChI is InChI=1S/C18H21ClN2/c1-20-17(15-7-3-4-8-16(15)19)11-13-21-12-10-14-6-2-5-9-18(14)21/h2-9,17,20H,10-13H2,1H3. The molecule has 21 heavy (non-hydrogen) atoms. The van der Waals surface area contributed by atoms with Crippen LogP contribution in [0.5, 0.6) is 0 Å². The maximum absolute atomic E-state index is 6.32. The van der Waals surface area contributed by atoms with Gasteiger partial charge >= 0.3 is 0 Å². The monoisotopic (exact) mass is 300 g/mol. The quantitative estimate of drug-likeness (QED) is 0.896. The summed E-state index contributed by atoms with van der Waals surface area (Å²) in [5.41, 5.74) is 4.05. The first-order valence-electron chi connectivity index (χ1n) is 7.54. The number of hydrogen-bond donors (Lipinski definition) is 1. The number of halogens is 1. The van der Waals surface area contributed by atoms with Gasteiger partial charge < -0.3 is 10.2 Å². The molecule has 2 nitrogen and oxygen atoms in total. The lowest BCUT2D eigenvalue weighted by molar-refractivity contribution is 0.545. The van der Waals surface area contributed by atoms with Crippen LogP contribution in [0.3, 0.4) is 0 Å². The zero-order chi connectivity index (χ0) is 14.7. The molecule has 2 aromatic rings. The lowest BCUT2D eigenvalue weighted by Gasteiger charge is -2.24. The number of nitrogens with zero attached hydrogens (tertiary/aromatic N) is 1. The molecule has 1 aliphatic rings. The van der Waals surface area contributed by atoms with E-state index in [-0.39, 0.29) is 0 Å². The van der Waals surface area contributed by atoms with E-state index in [9.17, 15) is 0 Å². The molecule has 3 rings (SSSR count). The fraction of sp³-hybridized carbons (Fsp3) is 0.333. The first kappa shape index (κ1) is 14.4. The van der Waals surface area contributed by atoms with E-state index in [0.29, 0.717) is 6.04 Å². The number of nitrogens with one attached hydrogen (secondary N) is 1. The second-order valence-corrected chi connectivity index (χ2v) is 5.92. The van der Waals surface area contributed by atoms with E-state index in [1.54, 1.807) is 0 Å². The van der Waals surface area contributed by atoms with Crippen LogP contribution >= 0.6 is 11.6 Å². The summed E-state index contributed by atoms with van der Waals surface area (Å²) in [6.45, 7) is 2.17. The lowest BCUT2D eigenvalue weighted by atomic mass is 10.0. The van der Waals surface area contributed by atoms with Crippen LogP contribution in [0.1, 0.15) is 23.6 Å². The van der Waals surface area contributed by atoms with Crippen LogP contribution in [-0.4, -0.2) is 20.1 Å². The predicted molar refractivity (Wildman–Crippen MR) is 90.2 cm³/mol. The smallest absolute Gasteiger partial charge is 0.0453 e. The van der Waals surface area contributed by atoms with Crippen molar-refractivity contribution >= 4 is 17.3 Å². The number of anilines is 1. The van der Waals surface area contributed by atoms with Crippen molar-refractivity contribution in [3.05, 3.63) is 64.7 Å². The Morgan fingerprint density at radius 3 is 2.71 bits per heavy atom. The Morgan fingerprint density at radius 2 is 1.90 bits per heavy atom. The summed E-state index contributed by atoms with van der Waals surface area (Å²) < 4.78 is 0. The summed E-state index contributed by atoms with van der Waals surface area (Å²) in [5, 5.41) is 4.24. The molecular weight excluding hydrogens is 280 g/mol. The van der Waals surface area contributed by atoms with E-state index in [4.69, 9.17) is 11.6 Å². The van der Waals surface area contributed by atoms with Gasteiger partial charge in [-0.1, -0.05) is 48.0 Å². The summed E-state index contributed by atoms with van der Waals surface area (Å²) in [5.74, 6) is 0. The molecule has 0 spiro atoms. The second-order valence-electron chi connectivity index (χ2n) is 5.52. The Labute approximate surface area is 131 Å². The van der Waals surface area contributed by atoms with Crippen molar-refractivity contribution in [1.82, 2.24) is 5.32 Å². The molecule has 1 atom stereocenters. The highest BCUT2D eigenvalue weighted by Gasteiger charge is 2.20. The van der Waals surface area contributed by atoms with E-state index in [0.717, 1.165) is 31.0 Å². The molecule has 2 aromatic carbocycles. The number of benzene rings is 2. The van der Waals surface area contributed by atoms with Gasteiger partial charge in [0.1, 0.15) is 0 Å². The summed E-state index contributed by atoms with van der Waals surface area (Å²) in [7, 11) is 2.01. The SMILES string of the molecule is CNC(CCN1CCc2ccccc21)c1ccccc1Cl. The van der Waals surface area contributed by atoms with E-state index in [1.165, 1.54) is 16.8 Å². The van der Waals surface area contributed by atoms with Crippen LogP contribution in [0.2, 0.25) is 5.02 Å². The molecule has 3 heteroatoms. The van der Waals surface area contributed by atoms with Gasteiger partial charge in [0.2, 0.25) is 0 Å². The first-order chi connectivity index (χ1) is 10.3. The highest BCUT2D eigenvalue weighted by Crippen LogP contribution is 2.30. The third-order valence-corrected chi connectivity index (χ3v) is 4.64. The normalized spacial score (nSPS) is 15.0. The predicted octanol–water partition coefficient (Wildman–Crippen LogP) is 4.05. The minimum Gasteiger partial charge on any atom is -0.371 e. The molecule has 0 saturated heterocycles. The third-order valence-electron chi connectivity index (χ3n) is 4.30. The second kappa shape index (κ2) is 6.50. The van der Waals surface area contributed by atoms with Crippen LogP contribution in [0.25, 0.3) is 0 Å². The number of para-hydroxylation sites is 1. The van der Waals surface area contributed by atoms with E-state index >= 15 is 0 Å². The zero-order valence-electron chi connectivity index (χ0n) is 12.3. The van der Waals surface area contributed by atoms with Crippen LogP contribution in [0.15, 0.2) is 48.5 Å². The molecule has 0 aromatic heterocycles. The maximum Gasteiger partial charge on any atom is 0.0453 e. The van der Waals surface area contributed by atoms with Crippen LogP contribution in [-0.2, 0) is 6.42 Å². The molecule has 0 saturated carbocycles. The van der Waals surface area contributed by atoms with Crippen molar-refractivity contribution in [3.63, 3.8) is 0 Å². The maximum atomic E-state index is 6.32. The van der Waals surface area contributed by atoms with Gasteiger partial charge in [0.25, 0.3) is 0 Å². The molecule has 1 heterocycles. The Bertz CT molecular complexity index is 612. The molecule has 0 radical (unpaired) electrons. The van der Waals surface area contributed by atoms with Gasteiger partial charge in [-0.15, -0.1) is 0 Å². The molecule has 0 fully saturated rings. The summed E-state index contributed by atoms with van der Waals surface area (Å²) >= 11 is 6.32. The Balaban J connectivity index is 1.68. The summed E-state index contributed by atoms with van der Waals surface area (Å²) in [6, 6.07) is 17.1. The molecule has 110 valence electrons. The van der Waals surface area contributed by atoms with Crippen molar-refractivity contribution in [2.45, 2.75) is 18.9 Å². The highest BCUT2D eigenvalue weighted by molar-refractivity contribution is 6.31. The number of fused-ring (bicyclic) bond motifs is 1. The highest BCUT2D eigenvalue weighted by atomic mass is 35.5. The average Bonchev–Trinajstić information content (AvgIpc) is 2.93. The Morgan fingerprint density at radius 1 is 1.14 bits per heavy atom. The average molecular weight is 301 g/mol. The van der Waals surface area contributed by atoms with Gasteiger partial charge in [-0.25, -0.2) is 0 Å². The molecular formula is C18H21ClN2. The van der Waals surface area contributed by atoms with Gasteiger partial charge in [0, 0.05) is 29.8 Å². The summed E-state index contributed by atoms with van der Waals surface area (Å²) in [6.07, 6.45) is 2.21. The summed E-state index contributed by atoms with van der Waals surface area (Å²) in [4.78, 5) is 2.48. The topological polar surface area (TPSA) is 15.3 Å². The third kappa shape index (κ3) is 3.07. The van der Waals surface area contributed by atoms with Crippen LogP contribution in [0.4, 0.5) is 5.69 Å². The van der Waals surface area contributed by atoms with Crippen molar-refractivity contribution in [2.75, 3.05) is 25.0 Å². The number of hydrogen-bond acceptors (Lipinski definition) is 2. The minimum absolute atomic E-state index is 0.298. The van der Waals surface area contributed by atoms with Gasteiger partial charge in [0.15, 0.2) is 0 Å². The van der Waals surface area contributed by atoms with Gasteiger partial charge in [0.05, 0.1) is 0 Å². The fourth-order valence-corrected chi connectivity index (χ4v) is 3.40. The van der Waals surface area contributed by atoms with E-state index in [1.807, 2.05) is 19.2 Å². The van der Waals surface area contributed by atoms with Gasteiger partial charge in [-0.05, 0) is 43.1 Å². The first-order valence-corrected chi connectivity index (χ1v) is 7.92. The molecule has 0 amide bonds. The largest absolute Gasteiger partial charge is 0.371 e. The van der Waals surface area contributed by atoms with E-state index in [2.05, 4.69) is 46.6 Å². The zero-order valence-corrected chi connectivity index (χ0v) is 13.1. The van der Waals surface area contributed by atoms with Gasteiger partial charge in [-0.3, -0.25) is 0 Å². The Kier molecular flexibility index (Phi) is 4.47. The van der Waals surface area contributed by atoms with Crippen molar-refractivity contribution in [3.8, 4) is 0 Å². The molecule has 0 aliphatic carbocycles. The van der Waals surface area contributed by atoms with E-state index < -0.39 is 0 Å². The molecule has 1 N–H and O–H groups in total. The van der Waals surface area contributed by atoms with Gasteiger partial charge in [-0.2, -0.15) is 0 Å². The molecule has 1 aliphatic heterocycles. The lowest BCUT2D eigenvalue weighted by Crippen LogP contribution is -2.27. The minimum atomic E-state index is 0.298. The molecule has 0 bridgehead atoms. The van der Waals surface area contributed by atoms with Crippen LogP contribution in [0, 0.1) is 0 Å². The fourth-order valence-electron chi connectivity index (χ4n) is 3.14. The van der Waals surface area contributed by atoms with Crippen molar-refractivity contribution < 1.29 is 0 Å². The van der Waals surface area contributed by atoms with Crippen LogP contribution < -0.4 is 10.2 Å². The number of rotatable bonds is 5. The van der Waals surface area contributed by atoms with Crippen molar-refractivity contribution in [1.29, 1.82) is 0 Å². The van der Waals surface area contributed by atoms with Crippen molar-refractivity contribution in [2.24, 2.45) is 0 Å². The molecule has 1 unspecified atom stereocenters. The Hall–Kier alpha value is -1.51.